The lowest BCUT2D eigenvalue weighted by Crippen LogP contribution is -2.00. The van der Waals surface area contributed by atoms with Crippen molar-refractivity contribution >= 4 is 11.9 Å². The van der Waals surface area contributed by atoms with Gasteiger partial charge in [-0.1, -0.05) is 62.4 Å². The number of ketones is 1. The van der Waals surface area contributed by atoms with Gasteiger partial charge in [0, 0.05) is 28.2 Å². The molecule has 0 saturated carbocycles. The Hall–Kier alpha value is -3.07. The molecule has 3 heteroatoms. The molecule has 0 aliphatic rings. The van der Waals surface area contributed by atoms with Crippen molar-refractivity contribution in [1.29, 1.82) is 0 Å². The van der Waals surface area contributed by atoms with Gasteiger partial charge in [-0.25, -0.2) is 0 Å². The monoisotopic (exact) mass is 405 g/mol. The molecule has 0 amide bonds. The van der Waals surface area contributed by atoms with Crippen LogP contribution in [0.2, 0.25) is 0 Å². The van der Waals surface area contributed by atoms with Crippen LogP contribution in [0.15, 0.2) is 61.2 Å². The van der Waals surface area contributed by atoms with Gasteiger partial charge in [-0.2, -0.15) is 0 Å². The van der Waals surface area contributed by atoms with E-state index in [9.17, 15) is 4.79 Å². The molecule has 0 unspecified atom stereocenters. The number of aromatic nitrogens is 1. The molecule has 0 radical (unpaired) electrons. The van der Waals surface area contributed by atoms with Gasteiger partial charge in [0.25, 0.3) is 0 Å². The van der Waals surface area contributed by atoms with E-state index >= 15 is 0 Å². The fourth-order valence-electron chi connectivity index (χ4n) is 3.32. The summed E-state index contributed by atoms with van der Waals surface area (Å²) >= 11 is 0. The average molecular weight is 406 g/mol. The van der Waals surface area contributed by atoms with E-state index in [1.807, 2.05) is 89.2 Å². The Morgan fingerprint density at radius 1 is 0.967 bits per heavy atom. The van der Waals surface area contributed by atoms with Crippen LogP contribution in [0.5, 0.6) is 5.75 Å². The Balaban J connectivity index is 0.000000318. The van der Waals surface area contributed by atoms with E-state index in [0.29, 0.717) is 0 Å². The highest BCUT2D eigenvalue weighted by atomic mass is 16.5. The van der Waals surface area contributed by atoms with Gasteiger partial charge < -0.3 is 9.30 Å². The van der Waals surface area contributed by atoms with Crippen LogP contribution < -0.4 is 4.74 Å². The molecule has 1 heterocycles. The van der Waals surface area contributed by atoms with Crippen LogP contribution in [0.4, 0.5) is 0 Å². The topological polar surface area (TPSA) is 31.2 Å². The van der Waals surface area contributed by atoms with Gasteiger partial charge in [-0.3, -0.25) is 4.79 Å². The number of benzene rings is 2. The van der Waals surface area contributed by atoms with Gasteiger partial charge in [-0.05, 0) is 58.9 Å². The number of carbonyl (C=O) groups is 1. The zero-order valence-electron chi connectivity index (χ0n) is 19.5. The Morgan fingerprint density at radius 3 is 1.97 bits per heavy atom. The predicted octanol–water partition coefficient (Wildman–Crippen LogP) is 7.36. The SMILES string of the molecule is C=Cc1c(C(C)=O)c(C)n(-c2ccccc2)c1C.CC.CCOc1ccc(C)cc1. The molecule has 0 aliphatic heterocycles. The Bertz CT molecular complexity index is 935. The van der Waals surface area contributed by atoms with E-state index in [1.165, 1.54) is 5.56 Å². The Kier molecular flexibility index (Phi) is 10.4. The number of nitrogens with zero attached hydrogens (tertiary/aromatic N) is 1. The zero-order chi connectivity index (χ0) is 22.7. The number of aryl methyl sites for hydroxylation is 1. The zero-order valence-corrected chi connectivity index (χ0v) is 19.5. The second-order valence-corrected chi connectivity index (χ2v) is 6.64. The van der Waals surface area contributed by atoms with Gasteiger partial charge >= 0.3 is 0 Å². The molecule has 1 aromatic heterocycles. The van der Waals surface area contributed by atoms with E-state index in [2.05, 4.69) is 18.1 Å². The molecule has 0 fully saturated rings. The minimum Gasteiger partial charge on any atom is -0.494 e. The molecule has 0 saturated heterocycles. The van der Waals surface area contributed by atoms with Gasteiger partial charge in [-0.15, -0.1) is 0 Å². The number of ether oxygens (including phenoxy) is 1. The fourth-order valence-corrected chi connectivity index (χ4v) is 3.32. The normalized spacial score (nSPS) is 9.57. The maximum absolute atomic E-state index is 11.8. The number of hydrogen-bond donors (Lipinski definition) is 0. The smallest absolute Gasteiger partial charge is 0.162 e. The van der Waals surface area contributed by atoms with E-state index in [1.54, 1.807) is 13.0 Å². The van der Waals surface area contributed by atoms with E-state index in [0.717, 1.165) is 40.6 Å². The van der Waals surface area contributed by atoms with Crippen LogP contribution in [-0.4, -0.2) is 17.0 Å². The quantitative estimate of drug-likeness (QED) is 0.415. The average Bonchev–Trinajstić information content (AvgIpc) is 3.02. The van der Waals surface area contributed by atoms with Crippen LogP contribution in [0.3, 0.4) is 0 Å². The second-order valence-electron chi connectivity index (χ2n) is 6.64. The summed E-state index contributed by atoms with van der Waals surface area (Å²) in [5.41, 5.74) is 6.07. The molecule has 0 aliphatic carbocycles. The third-order valence-electron chi connectivity index (χ3n) is 4.59. The number of rotatable bonds is 5. The van der Waals surface area contributed by atoms with Gasteiger partial charge in [0.2, 0.25) is 0 Å². The van der Waals surface area contributed by atoms with E-state index in [-0.39, 0.29) is 5.78 Å². The lowest BCUT2D eigenvalue weighted by atomic mass is 10.1. The third kappa shape index (κ3) is 6.21. The summed E-state index contributed by atoms with van der Waals surface area (Å²) in [5, 5.41) is 0. The van der Waals surface area contributed by atoms with Crippen molar-refractivity contribution in [3.05, 3.63) is 89.3 Å². The first kappa shape index (κ1) is 25.0. The molecule has 3 rings (SSSR count). The summed E-state index contributed by atoms with van der Waals surface area (Å²) in [6, 6.07) is 18.1. The first-order valence-corrected chi connectivity index (χ1v) is 10.5. The predicted molar refractivity (Wildman–Crippen MR) is 129 cm³/mol. The highest BCUT2D eigenvalue weighted by Gasteiger charge is 2.19. The first-order chi connectivity index (χ1) is 14.4. The number of Topliss-reactive ketones (excluding diaryl/α,β-unsaturated/α-hetero) is 1. The maximum atomic E-state index is 11.8. The summed E-state index contributed by atoms with van der Waals surface area (Å²) in [4.78, 5) is 11.8. The fraction of sp³-hybridized carbons (Fsp3) is 0.296. The first-order valence-electron chi connectivity index (χ1n) is 10.5. The summed E-state index contributed by atoms with van der Waals surface area (Å²) in [6.45, 7) is 18.2. The minimum absolute atomic E-state index is 0.0835. The standard InChI is InChI=1S/C16H17NO.C9H12O.C2H6/c1-5-15-11(2)17(12(3)16(15)13(4)18)14-9-7-6-8-10-14;1-3-10-9-6-4-8(2)5-7-9;1-2/h5-10H,1H2,2-4H3;4-7H,3H2,1-2H3;1-2H3. The second kappa shape index (κ2) is 12.5. The van der Waals surface area contributed by atoms with Crippen molar-refractivity contribution in [1.82, 2.24) is 4.57 Å². The van der Waals surface area contributed by atoms with Crippen molar-refractivity contribution < 1.29 is 9.53 Å². The van der Waals surface area contributed by atoms with Crippen molar-refractivity contribution in [2.45, 2.75) is 48.5 Å². The maximum Gasteiger partial charge on any atom is 0.162 e. The molecule has 0 spiro atoms. The largest absolute Gasteiger partial charge is 0.494 e. The third-order valence-corrected chi connectivity index (χ3v) is 4.59. The minimum atomic E-state index is 0.0835. The molecule has 0 bridgehead atoms. The highest BCUT2D eigenvalue weighted by molar-refractivity contribution is 5.99. The molecule has 2 aromatic carbocycles. The van der Waals surface area contributed by atoms with E-state index in [4.69, 9.17) is 4.74 Å². The van der Waals surface area contributed by atoms with Gasteiger partial charge in [0.15, 0.2) is 5.78 Å². The lowest BCUT2D eigenvalue weighted by molar-refractivity contribution is 0.101. The number of carbonyl (C=O) groups excluding carboxylic acids is 1. The molecule has 3 nitrogen and oxygen atoms in total. The number of hydrogen-bond acceptors (Lipinski definition) is 2. The van der Waals surface area contributed by atoms with Crippen molar-refractivity contribution in [3.63, 3.8) is 0 Å². The van der Waals surface area contributed by atoms with Crippen molar-refractivity contribution in [2.24, 2.45) is 0 Å². The van der Waals surface area contributed by atoms with Gasteiger partial charge in [0.1, 0.15) is 5.75 Å². The molecule has 0 atom stereocenters. The van der Waals surface area contributed by atoms with Crippen molar-refractivity contribution in [3.8, 4) is 11.4 Å². The van der Waals surface area contributed by atoms with Crippen LogP contribution in [0, 0.1) is 20.8 Å². The van der Waals surface area contributed by atoms with Crippen LogP contribution in [0.25, 0.3) is 11.8 Å². The summed E-state index contributed by atoms with van der Waals surface area (Å²) in [5.74, 6) is 1.04. The summed E-state index contributed by atoms with van der Waals surface area (Å²) in [7, 11) is 0. The van der Waals surface area contributed by atoms with E-state index < -0.39 is 0 Å². The van der Waals surface area contributed by atoms with Gasteiger partial charge in [0.05, 0.1) is 6.61 Å². The lowest BCUT2D eigenvalue weighted by Gasteiger charge is -2.09. The van der Waals surface area contributed by atoms with Crippen LogP contribution >= 0.6 is 0 Å². The molecule has 160 valence electrons. The number of para-hydroxylation sites is 1. The molecule has 0 N–H and O–H groups in total. The Morgan fingerprint density at radius 2 is 1.53 bits per heavy atom. The molecule has 3 aromatic rings. The summed E-state index contributed by atoms with van der Waals surface area (Å²) < 4.78 is 7.37. The molecule has 30 heavy (non-hydrogen) atoms. The highest BCUT2D eigenvalue weighted by Crippen LogP contribution is 2.27. The van der Waals surface area contributed by atoms with Crippen LogP contribution in [0.1, 0.15) is 60.6 Å². The van der Waals surface area contributed by atoms with Crippen LogP contribution in [-0.2, 0) is 0 Å². The van der Waals surface area contributed by atoms with Crippen molar-refractivity contribution in [2.75, 3.05) is 6.61 Å². The Labute approximate surface area is 182 Å². The summed E-state index contributed by atoms with van der Waals surface area (Å²) in [6.07, 6.45) is 1.76. The molecular weight excluding hydrogens is 370 g/mol. The molecular formula is C27H35NO2.